The van der Waals surface area contributed by atoms with Crippen LogP contribution < -0.4 is 4.74 Å². The molecular weight excluding hydrogens is 330 g/mol. The summed E-state index contributed by atoms with van der Waals surface area (Å²) >= 11 is 8.33. The van der Waals surface area contributed by atoms with E-state index < -0.39 is 0 Å². The van der Waals surface area contributed by atoms with E-state index in [2.05, 4.69) is 11.9 Å². The second-order valence-corrected chi connectivity index (χ2v) is 6.83. The number of carbonyl (C=O) groups excluding carboxylic acids is 1. The van der Waals surface area contributed by atoms with Crippen LogP contribution in [0.3, 0.4) is 0 Å². The Hall–Kier alpha value is -1.26. The van der Waals surface area contributed by atoms with Crippen molar-refractivity contribution >= 4 is 40.0 Å². The smallest absolute Gasteiger partial charge is 0.165 e. The molecular formula is C18H22ClNO2S. The standard InChI is InChI=1S/C18H22ClNO2S/c1-3-10-23-11-6-9-22-16-8-5-7-13-17(19)14(15(21)4-2)12-20-18(13)16/h5,7-8,12H,3-4,6,9-11H2,1-2H3. The third kappa shape index (κ3) is 4.61. The van der Waals surface area contributed by atoms with E-state index in [1.807, 2.05) is 36.9 Å². The number of Topliss-reactive ketones (excluding diaryl/α,β-unsaturated/α-hetero) is 1. The number of benzene rings is 1. The van der Waals surface area contributed by atoms with E-state index in [9.17, 15) is 4.79 Å². The number of hydrogen-bond acceptors (Lipinski definition) is 4. The van der Waals surface area contributed by atoms with Crippen LogP contribution in [0.5, 0.6) is 5.75 Å². The zero-order chi connectivity index (χ0) is 16.7. The first-order chi connectivity index (χ1) is 11.2. The van der Waals surface area contributed by atoms with Crippen molar-refractivity contribution in [2.75, 3.05) is 18.1 Å². The van der Waals surface area contributed by atoms with Crippen molar-refractivity contribution in [3.63, 3.8) is 0 Å². The fourth-order valence-corrected chi connectivity index (χ4v) is 3.38. The Morgan fingerprint density at radius 2 is 2.13 bits per heavy atom. The molecule has 0 radical (unpaired) electrons. The van der Waals surface area contributed by atoms with Gasteiger partial charge in [-0.25, -0.2) is 0 Å². The molecule has 2 rings (SSSR count). The third-order valence-corrected chi connectivity index (χ3v) is 5.14. The lowest BCUT2D eigenvalue weighted by molar-refractivity contribution is 0.0988. The van der Waals surface area contributed by atoms with E-state index in [1.165, 1.54) is 12.2 Å². The van der Waals surface area contributed by atoms with Crippen molar-refractivity contribution in [2.45, 2.75) is 33.1 Å². The predicted molar refractivity (Wildman–Crippen MR) is 99.1 cm³/mol. The summed E-state index contributed by atoms with van der Waals surface area (Å²) in [6, 6.07) is 5.66. The number of para-hydroxylation sites is 1. The predicted octanol–water partition coefficient (Wildman–Crippen LogP) is 5.39. The molecule has 0 atom stereocenters. The Morgan fingerprint density at radius 3 is 2.87 bits per heavy atom. The lowest BCUT2D eigenvalue weighted by atomic mass is 10.1. The Bertz CT molecular complexity index is 675. The molecule has 0 aliphatic rings. The molecule has 0 N–H and O–H groups in total. The van der Waals surface area contributed by atoms with Gasteiger partial charge in [-0.3, -0.25) is 9.78 Å². The molecule has 5 heteroatoms. The summed E-state index contributed by atoms with van der Waals surface area (Å²) in [7, 11) is 0. The minimum Gasteiger partial charge on any atom is -0.491 e. The van der Waals surface area contributed by atoms with Gasteiger partial charge in [0, 0.05) is 18.0 Å². The average Bonchev–Trinajstić information content (AvgIpc) is 2.58. The van der Waals surface area contributed by atoms with Crippen LogP contribution in [0.25, 0.3) is 10.9 Å². The summed E-state index contributed by atoms with van der Waals surface area (Å²) in [6.45, 7) is 4.66. The summed E-state index contributed by atoms with van der Waals surface area (Å²) in [5, 5.41) is 1.23. The number of thioether (sulfide) groups is 1. The summed E-state index contributed by atoms with van der Waals surface area (Å²) < 4.78 is 5.86. The maximum Gasteiger partial charge on any atom is 0.165 e. The summed E-state index contributed by atoms with van der Waals surface area (Å²) in [4.78, 5) is 16.3. The molecule has 124 valence electrons. The Morgan fingerprint density at radius 1 is 1.30 bits per heavy atom. The minimum absolute atomic E-state index is 0.00340. The number of carbonyl (C=O) groups is 1. The first-order valence-electron chi connectivity index (χ1n) is 8.00. The molecule has 0 bridgehead atoms. The Labute approximate surface area is 146 Å². The highest BCUT2D eigenvalue weighted by Crippen LogP contribution is 2.31. The van der Waals surface area contributed by atoms with Gasteiger partial charge in [-0.05, 0) is 30.4 Å². The van der Waals surface area contributed by atoms with Crippen LogP contribution in [-0.4, -0.2) is 28.9 Å². The number of nitrogens with zero attached hydrogens (tertiary/aromatic N) is 1. The maximum absolute atomic E-state index is 11.9. The van der Waals surface area contributed by atoms with Gasteiger partial charge in [0.2, 0.25) is 0 Å². The van der Waals surface area contributed by atoms with E-state index in [1.54, 1.807) is 6.20 Å². The van der Waals surface area contributed by atoms with Crippen LogP contribution in [-0.2, 0) is 0 Å². The molecule has 0 saturated heterocycles. The van der Waals surface area contributed by atoms with Crippen molar-refractivity contribution < 1.29 is 9.53 Å². The number of hydrogen-bond donors (Lipinski definition) is 0. The fourth-order valence-electron chi connectivity index (χ4n) is 2.25. The van der Waals surface area contributed by atoms with Gasteiger partial charge in [-0.1, -0.05) is 37.6 Å². The molecule has 0 saturated carbocycles. The lowest BCUT2D eigenvalue weighted by Crippen LogP contribution is -2.02. The molecule has 0 aliphatic heterocycles. The van der Waals surface area contributed by atoms with Crippen LogP contribution in [0.15, 0.2) is 24.4 Å². The molecule has 0 amide bonds. The Balaban J connectivity index is 2.13. The summed E-state index contributed by atoms with van der Waals surface area (Å²) in [5.74, 6) is 3.02. The second kappa shape index (κ2) is 9.14. The average molecular weight is 352 g/mol. The van der Waals surface area contributed by atoms with Crippen LogP contribution in [0.2, 0.25) is 5.02 Å². The first-order valence-corrected chi connectivity index (χ1v) is 9.53. The van der Waals surface area contributed by atoms with Gasteiger partial charge in [-0.15, -0.1) is 0 Å². The van der Waals surface area contributed by atoms with Crippen molar-refractivity contribution in [3.05, 3.63) is 35.0 Å². The van der Waals surface area contributed by atoms with Crippen LogP contribution in [0.1, 0.15) is 43.5 Å². The van der Waals surface area contributed by atoms with E-state index in [0.29, 0.717) is 29.1 Å². The van der Waals surface area contributed by atoms with Gasteiger partial charge >= 0.3 is 0 Å². The second-order valence-electron chi connectivity index (χ2n) is 5.23. The first kappa shape index (κ1) is 18.1. The third-order valence-electron chi connectivity index (χ3n) is 3.46. The number of ketones is 1. The van der Waals surface area contributed by atoms with Gasteiger partial charge in [0.05, 0.1) is 17.2 Å². The van der Waals surface area contributed by atoms with Crippen LogP contribution in [0.4, 0.5) is 0 Å². The monoisotopic (exact) mass is 351 g/mol. The number of halogens is 1. The van der Waals surface area contributed by atoms with Crippen molar-refractivity contribution in [1.29, 1.82) is 0 Å². The van der Waals surface area contributed by atoms with Gasteiger partial charge in [0.25, 0.3) is 0 Å². The molecule has 0 aliphatic carbocycles. The van der Waals surface area contributed by atoms with E-state index in [4.69, 9.17) is 16.3 Å². The topological polar surface area (TPSA) is 39.2 Å². The van der Waals surface area contributed by atoms with E-state index in [-0.39, 0.29) is 5.78 Å². The quantitative estimate of drug-likeness (QED) is 0.448. The number of pyridine rings is 1. The highest BCUT2D eigenvalue weighted by atomic mass is 35.5. The molecule has 3 nitrogen and oxygen atoms in total. The molecule has 1 aromatic heterocycles. The molecule has 1 heterocycles. The lowest BCUT2D eigenvalue weighted by Gasteiger charge is -2.11. The largest absolute Gasteiger partial charge is 0.491 e. The fraction of sp³-hybridized carbons (Fsp3) is 0.444. The Kier molecular flexibility index (Phi) is 7.18. The summed E-state index contributed by atoms with van der Waals surface area (Å²) in [6.07, 6.45) is 4.18. The van der Waals surface area contributed by atoms with Crippen molar-refractivity contribution in [3.8, 4) is 5.75 Å². The van der Waals surface area contributed by atoms with Crippen LogP contribution >= 0.6 is 23.4 Å². The van der Waals surface area contributed by atoms with Gasteiger partial charge in [0.15, 0.2) is 5.78 Å². The SMILES string of the molecule is CCCSCCCOc1cccc2c(Cl)c(C(=O)CC)cnc12. The molecule has 0 spiro atoms. The van der Waals surface area contributed by atoms with Gasteiger partial charge < -0.3 is 4.74 Å². The number of fused-ring (bicyclic) bond motifs is 1. The van der Waals surface area contributed by atoms with E-state index >= 15 is 0 Å². The van der Waals surface area contributed by atoms with Gasteiger partial charge in [0.1, 0.15) is 11.3 Å². The van der Waals surface area contributed by atoms with Gasteiger partial charge in [-0.2, -0.15) is 11.8 Å². The number of ether oxygens (including phenoxy) is 1. The highest BCUT2D eigenvalue weighted by molar-refractivity contribution is 7.99. The highest BCUT2D eigenvalue weighted by Gasteiger charge is 2.14. The van der Waals surface area contributed by atoms with Crippen molar-refractivity contribution in [1.82, 2.24) is 4.98 Å². The molecule has 23 heavy (non-hydrogen) atoms. The number of rotatable bonds is 9. The molecule has 0 fully saturated rings. The maximum atomic E-state index is 11.9. The zero-order valence-corrected chi connectivity index (χ0v) is 15.2. The van der Waals surface area contributed by atoms with Crippen molar-refractivity contribution in [2.24, 2.45) is 0 Å². The normalized spacial score (nSPS) is 10.9. The van der Waals surface area contributed by atoms with E-state index in [0.717, 1.165) is 23.3 Å². The zero-order valence-electron chi connectivity index (χ0n) is 13.6. The molecule has 0 unspecified atom stereocenters. The molecule has 1 aromatic carbocycles. The summed E-state index contributed by atoms with van der Waals surface area (Å²) in [5.41, 5.74) is 1.20. The molecule has 2 aromatic rings. The number of aromatic nitrogens is 1. The van der Waals surface area contributed by atoms with Crippen LogP contribution in [0, 0.1) is 0 Å². The minimum atomic E-state index is 0.00340.